The Hall–Kier alpha value is -3.83. The minimum atomic E-state index is -4.03. The van der Waals surface area contributed by atoms with Crippen molar-refractivity contribution < 1.29 is 30.5 Å². The van der Waals surface area contributed by atoms with E-state index in [2.05, 4.69) is 116 Å². The van der Waals surface area contributed by atoms with Crippen LogP contribution in [0.3, 0.4) is 0 Å². The van der Waals surface area contributed by atoms with Crippen LogP contribution in [0, 0.1) is 0 Å². The van der Waals surface area contributed by atoms with Gasteiger partial charge in [0.1, 0.15) is 6.54 Å². The van der Waals surface area contributed by atoms with Crippen molar-refractivity contribution in [2.45, 2.75) is 64.2 Å². The normalized spacial score (nSPS) is 17.9. The van der Waals surface area contributed by atoms with Crippen molar-refractivity contribution in [2.24, 2.45) is 0 Å². The lowest BCUT2D eigenvalue weighted by atomic mass is 9.79. The molecule has 0 spiro atoms. The molecule has 0 saturated heterocycles. The second kappa shape index (κ2) is 13.1. The van der Waals surface area contributed by atoms with Gasteiger partial charge in [0.25, 0.3) is 20.2 Å². The van der Waals surface area contributed by atoms with E-state index in [-0.39, 0.29) is 22.3 Å². The van der Waals surface area contributed by atoms with E-state index in [0.717, 1.165) is 33.6 Å². The van der Waals surface area contributed by atoms with E-state index in [0.29, 0.717) is 38.8 Å². The Labute approximate surface area is 290 Å². The average molecular weight is 702 g/mol. The van der Waals surface area contributed by atoms with E-state index in [9.17, 15) is 25.9 Å². The van der Waals surface area contributed by atoms with Gasteiger partial charge in [-0.15, -0.1) is 0 Å². The van der Waals surface area contributed by atoms with Crippen LogP contribution in [0.25, 0.3) is 21.5 Å². The first kappa shape index (κ1) is 35.0. The van der Waals surface area contributed by atoms with Gasteiger partial charge in [-0.05, 0) is 78.4 Å². The molecule has 4 aromatic carbocycles. The van der Waals surface area contributed by atoms with Crippen molar-refractivity contribution in [2.75, 3.05) is 29.5 Å². The molecule has 0 fully saturated rings. The van der Waals surface area contributed by atoms with Crippen LogP contribution in [0.15, 0.2) is 96.7 Å². The van der Waals surface area contributed by atoms with Crippen molar-refractivity contribution in [1.29, 1.82) is 0 Å². The number of hydrogen-bond donors (Lipinski definition) is 2. The zero-order valence-corrected chi connectivity index (χ0v) is 30.2. The first-order valence-electron chi connectivity index (χ1n) is 16.9. The van der Waals surface area contributed by atoms with Crippen LogP contribution < -0.4 is 4.90 Å². The highest BCUT2D eigenvalue weighted by molar-refractivity contribution is 7.86. The quantitative estimate of drug-likeness (QED) is 0.0876. The summed E-state index contributed by atoms with van der Waals surface area (Å²) < 4.78 is 66.7. The van der Waals surface area contributed by atoms with Crippen molar-refractivity contribution in [3.05, 3.63) is 108 Å². The minimum absolute atomic E-state index is 0.267. The predicted molar refractivity (Wildman–Crippen MR) is 200 cm³/mol. The summed E-state index contributed by atoms with van der Waals surface area (Å²) in [5.74, 6) is -0.535. The number of rotatable bonds is 12. The molecule has 2 N–H and O–H groups in total. The van der Waals surface area contributed by atoms with E-state index < -0.39 is 20.2 Å². The molecule has 0 aliphatic carbocycles. The minimum Gasteiger partial charge on any atom is -0.344 e. The average Bonchev–Trinajstić information content (AvgIpc) is 3.39. The third-order valence-corrected chi connectivity index (χ3v) is 11.7. The third kappa shape index (κ3) is 6.97. The van der Waals surface area contributed by atoms with Crippen LogP contribution in [-0.4, -0.2) is 60.8 Å². The maximum Gasteiger partial charge on any atom is 0.264 e. The highest BCUT2D eigenvalue weighted by atomic mass is 32.2. The summed E-state index contributed by atoms with van der Waals surface area (Å²) in [5.41, 5.74) is 6.15. The smallest absolute Gasteiger partial charge is 0.264 e. The van der Waals surface area contributed by atoms with Gasteiger partial charge in [0.2, 0.25) is 5.69 Å². The number of fused-ring (bicyclic) bond motifs is 6. The summed E-state index contributed by atoms with van der Waals surface area (Å²) in [7, 11) is -8.06. The molecule has 258 valence electrons. The molecule has 10 heteroatoms. The molecule has 0 atom stereocenters. The van der Waals surface area contributed by atoms with Crippen molar-refractivity contribution >= 4 is 58.9 Å². The van der Waals surface area contributed by atoms with E-state index in [4.69, 9.17) is 0 Å². The number of unbranched alkanes of at least 4 members (excludes halogenated alkanes) is 2. The molecule has 49 heavy (non-hydrogen) atoms. The van der Waals surface area contributed by atoms with Crippen LogP contribution in [0.2, 0.25) is 0 Å². The molecule has 0 saturated carbocycles. The predicted octanol–water partition coefficient (Wildman–Crippen LogP) is 7.94. The Kier molecular flexibility index (Phi) is 9.38. The highest BCUT2D eigenvalue weighted by Gasteiger charge is 2.45. The lowest BCUT2D eigenvalue weighted by molar-refractivity contribution is -0.438. The Balaban J connectivity index is 1.41. The zero-order chi connectivity index (χ0) is 35.2. The van der Waals surface area contributed by atoms with Gasteiger partial charge < -0.3 is 4.90 Å². The Morgan fingerprint density at radius 2 is 1.27 bits per heavy atom. The number of allylic oxidation sites excluding steroid dienone is 4. The molecule has 2 heterocycles. The number of anilines is 1. The molecule has 0 radical (unpaired) electrons. The molecular weight excluding hydrogens is 657 g/mol. The standard InChI is InChI=1S/C39H44N2O6S2/c1-38(2)34(40(24-9-11-26-48(42,43)44)32-22-20-28-14-5-7-16-30(28)36(32)38)18-13-19-35-39(3,4)37-31-17-8-6-15-29(31)21-23-33(37)41(35)25-10-12-27-49(45,46)47/h5-8,13-23H,9-12,24-27H2,1-4H3,(H-,42,43,44,45,46,47)/p+1. The van der Waals surface area contributed by atoms with Crippen LogP contribution >= 0.6 is 0 Å². The second-order valence-electron chi connectivity index (χ2n) is 14.2. The summed E-state index contributed by atoms with van der Waals surface area (Å²) in [5, 5.41) is 4.70. The van der Waals surface area contributed by atoms with E-state index in [1.54, 1.807) is 0 Å². The lowest BCUT2D eigenvalue weighted by Gasteiger charge is -2.27. The van der Waals surface area contributed by atoms with Gasteiger partial charge in [-0.3, -0.25) is 9.11 Å². The Morgan fingerprint density at radius 3 is 1.90 bits per heavy atom. The van der Waals surface area contributed by atoms with Gasteiger partial charge in [0.05, 0.1) is 16.9 Å². The van der Waals surface area contributed by atoms with Crippen LogP contribution in [0.4, 0.5) is 11.4 Å². The lowest BCUT2D eigenvalue weighted by Crippen LogP contribution is -2.28. The van der Waals surface area contributed by atoms with Crippen LogP contribution in [0.1, 0.15) is 64.5 Å². The molecule has 0 aromatic heterocycles. The van der Waals surface area contributed by atoms with E-state index >= 15 is 0 Å². The maximum absolute atomic E-state index is 11.4. The molecule has 6 rings (SSSR count). The van der Waals surface area contributed by atoms with E-state index in [1.807, 2.05) is 12.1 Å². The zero-order valence-electron chi connectivity index (χ0n) is 28.6. The first-order chi connectivity index (χ1) is 23.1. The van der Waals surface area contributed by atoms with Crippen LogP contribution in [-0.2, 0) is 31.1 Å². The molecule has 2 aliphatic rings. The molecule has 8 nitrogen and oxygen atoms in total. The number of benzene rings is 4. The van der Waals surface area contributed by atoms with Crippen molar-refractivity contribution in [3.8, 4) is 0 Å². The molecular formula is C39H45N2O6S2+. The maximum atomic E-state index is 11.4. The Bertz CT molecular complexity index is 2250. The highest BCUT2D eigenvalue weighted by Crippen LogP contribution is 2.51. The fourth-order valence-corrected chi connectivity index (χ4v) is 9.03. The molecule has 2 aliphatic heterocycles. The van der Waals surface area contributed by atoms with Crippen molar-refractivity contribution in [1.82, 2.24) is 0 Å². The SMILES string of the molecule is CC1(C)C(/C=C/C=C2\N(CCCCS(=O)(=O)O)c3ccc4ccccc4c3C2(C)C)=[N+](CCCCS(=O)(=O)O)c2ccc3ccccc3c21. The monoisotopic (exact) mass is 701 g/mol. The molecule has 0 bridgehead atoms. The van der Waals surface area contributed by atoms with Gasteiger partial charge >= 0.3 is 0 Å². The first-order valence-corrected chi connectivity index (χ1v) is 20.1. The summed E-state index contributed by atoms with van der Waals surface area (Å²) in [6, 6.07) is 25.3. The largest absolute Gasteiger partial charge is 0.344 e. The summed E-state index contributed by atoms with van der Waals surface area (Å²) in [4.78, 5) is 2.29. The van der Waals surface area contributed by atoms with Crippen LogP contribution in [0.5, 0.6) is 0 Å². The Morgan fingerprint density at radius 1 is 0.694 bits per heavy atom. The van der Waals surface area contributed by atoms with Crippen molar-refractivity contribution in [3.63, 3.8) is 0 Å². The molecule has 0 unspecified atom stereocenters. The molecule has 4 aromatic rings. The fraction of sp³-hybridized carbons (Fsp3) is 0.359. The molecule has 0 amide bonds. The summed E-state index contributed by atoms with van der Waals surface area (Å²) in [6.45, 7) is 10.1. The van der Waals surface area contributed by atoms with Gasteiger partial charge in [0.15, 0.2) is 5.71 Å². The number of hydrogen-bond acceptors (Lipinski definition) is 5. The topological polar surface area (TPSA) is 115 Å². The fourth-order valence-electron chi connectivity index (χ4n) is 7.89. The third-order valence-electron chi connectivity index (χ3n) is 10.1. The summed E-state index contributed by atoms with van der Waals surface area (Å²) >= 11 is 0. The van der Waals surface area contributed by atoms with Gasteiger partial charge in [-0.2, -0.15) is 21.4 Å². The van der Waals surface area contributed by atoms with E-state index in [1.165, 1.54) is 21.9 Å². The van der Waals surface area contributed by atoms with Gasteiger partial charge in [-0.1, -0.05) is 74.5 Å². The second-order valence-corrected chi connectivity index (χ2v) is 17.3. The van der Waals surface area contributed by atoms with Gasteiger partial charge in [0, 0.05) is 47.5 Å². The summed E-state index contributed by atoms with van der Waals surface area (Å²) in [6.07, 6.45) is 8.32. The van der Waals surface area contributed by atoms with Gasteiger partial charge in [-0.25, -0.2) is 0 Å². The number of nitrogens with zero attached hydrogens (tertiary/aromatic N) is 2.